The van der Waals surface area contributed by atoms with Crippen molar-refractivity contribution in [3.05, 3.63) is 0 Å². The second kappa shape index (κ2) is 6.32. The minimum atomic E-state index is -3.92. The van der Waals surface area contributed by atoms with Gasteiger partial charge in [-0.15, -0.1) is 0 Å². The zero-order valence-electron chi connectivity index (χ0n) is 10.8. The second-order valence-corrected chi connectivity index (χ2v) is 6.58. The van der Waals surface area contributed by atoms with Crippen LogP contribution in [0.15, 0.2) is 0 Å². The van der Waals surface area contributed by atoms with Crippen molar-refractivity contribution in [3.63, 3.8) is 0 Å². The normalized spacial score (nSPS) is 14.4. The van der Waals surface area contributed by atoms with Crippen LogP contribution in [0.4, 0.5) is 0 Å². The Morgan fingerprint density at radius 2 is 1.88 bits per heavy atom. The van der Waals surface area contributed by atoms with Crippen LogP contribution in [0.5, 0.6) is 0 Å². The summed E-state index contributed by atoms with van der Waals surface area (Å²) in [7, 11) is -2.37. The van der Waals surface area contributed by atoms with E-state index in [0.717, 1.165) is 0 Å². The van der Waals surface area contributed by atoms with Crippen LogP contribution in [0, 0.1) is 5.41 Å². The number of hydrogen-bond acceptors (Lipinski definition) is 4. The summed E-state index contributed by atoms with van der Waals surface area (Å²) in [6.45, 7) is 6.11. The van der Waals surface area contributed by atoms with Crippen molar-refractivity contribution in [3.8, 4) is 0 Å². The molecule has 0 aromatic carbocycles. The Kier molecular flexibility index (Phi) is 6.08. The summed E-state index contributed by atoms with van der Waals surface area (Å²) in [5.41, 5.74) is -0.266. The van der Waals surface area contributed by atoms with E-state index in [2.05, 4.69) is 10.6 Å². The molecule has 0 saturated heterocycles. The minimum absolute atomic E-state index is 0.135. The maximum absolute atomic E-state index is 11.6. The first-order valence-electron chi connectivity index (χ1n) is 5.48. The van der Waals surface area contributed by atoms with Crippen molar-refractivity contribution in [2.24, 2.45) is 5.41 Å². The fourth-order valence-electron chi connectivity index (χ4n) is 1.44. The van der Waals surface area contributed by atoms with Gasteiger partial charge < -0.3 is 10.6 Å². The molecule has 17 heavy (non-hydrogen) atoms. The third-order valence-electron chi connectivity index (χ3n) is 2.30. The molecule has 0 aromatic rings. The van der Waals surface area contributed by atoms with Gasteiger partial charge in [0.1, 0.15) is 0 Å². The van der Waals surface area contributed by atoms with Crippen LogP contribution in [-0.2, 0) is 14.9 Å². The molecule has 7 heteroatoms. The summed E-state index contributed by atoms with van der Waals surface area (Å²) in [6.07, 6.45) is 0.266. The Balaban J connectivity index is 4.25. The number of likely N-dealkylation sites (N-methyl/N-ethyl adjacent to an activating group) is 1. The molecule has 0 rings (SSSR count). The first-order valence-corrected chi connectivity index (χ1v) is 7.09. The molecule has 0 aromatic heterocycles. The van der Waals surface area contributed by atoms with E-state index in [4.69, 9.17) is 4.55 Å². The lowest BCUT2D eigenvalue weighted by Gasteiger charge is -2.30. The Labute approximate surface area is 103 Å². The Hall–Kier alpha value is -0.660. The minimum Gasteiger partial charge on any atom is -0.358 e. The highest BCUT2D eigenvalue weighted by atomic mass is 32.2. The van der Waals surface area contributed by atoms with Crippen LogP contribution in [-0.4, -0.2) is 44.3 Å². The molecule has 0 aliphatic carbocycles. The molecule has 0 radical (unpaired) electrons. The lowest BCUT2D eigenvalue weighted by molar-refractivity contribution is -0.125. The number of carbonyl (C=O) groups is 1. The van der Waals surface area contributed by atoms with Crippen LogP contribution in [0.1, 0.15) is 27.2 Å². The van der Waals surface area contributed by atoms with Crippen molar-refractivity contribution >= 4 is 16.0 Å². The van der Waals surface area contributed by atoms with Gasteiger partial charge in [-0.25, -0.2) is 0 Å². The summed E-state index contributed by atoms with van der Waals surface area (Å²) < 4.78 is 29.6. The molecule has 0 aliphatic heterocycles. The van der Waals surface area contributed by atoms with E-state index in [9.17, 15) is 13.2 Å². The molecule has 0 bridgehead atoms. The summed E-state index contributed by atoms with van der Waals surface area (Å²) >= 11 is 0. The maximum Gasteiger partial charge on any atom is 0.264 e. The van der Waals surface area contributed by atoms with Gasteiger partial charge in [0.2, 0.25) is 5.91 Å². The third kappa shape index (κ3) is 7.30. The lowest BCUT2D eigenvalue weighted by atomic mass is 9.86. The van der Waals surface area contributed by atoms with Gasteiger partial charge in [-0.2, -0.15) is 8.42 Å². The monoisotopic (exact) mass is 266 g/mol. The van der Waals surface area contributed by atoms with Gasteiger partial charge in [0.15, 0.2) is 0 Å². The number of hydrogen-bond donors (Lipinski definition) is 3. The van der Waals surface area contributed by atoms with Gasteiger partial charge in [0, 0.05) is 7.05 Å². The standard InChI is InChI=1S/C10H22N2O4S/c1-10(2,3)8(9(13)11-4)12-6-5-7-17(14,15)16/h8,12H,5-7H2,1-4H3,(H,11,13)(H,14,15,16)/t8-/m0/s1. The maximum atomic E-state index is 11.6. The van der Waals surface area contributed by atoms with E-state index < -0.39 is 16.2 Å². The lowest BCUT2D eigenvalue weighted by Crippen LogP contribution is -2.51. The molecule has 0 unspecified atom stereocenters. The molecule has 0 heterocycles. The fraction of sp³-hybridized carbons (Fsp3) is 0.900. The third-order valence-corrected chi connectivity index (χ3v) is 3.11. The van der Waals surface area contributed by atoms with E-state index in [1.165, 1.54) is 0 Å². The van der Waals surface area contributed by atoms with Crippen LogP contribution >= 0.6 is 0 Å². The zero-order chi connectivity index (χ0) is 13.7. The molecule has 3 N–H and O–H groups in total. The predicted octanol–water partition coefficient (Wildman–Crippen LogP) is 0.0146. The average Bonchev–Trinajstić information content (AvgIpc) is 2.13. The highest BCUT2D eigenvalue weighted by molar-refractivity contribution is 7.85. The second-order valence-electron chi connectivity index (χ2n) is 5.01. The zero-order valence-corrected chi connectivity index (χ0v) is 11.6. The van der Waals surface area contributed by atoms with Crippen LogP contribution in [0.25, 0.3) is 0 Å². The summed E-state index contributed by atoms with van der Waals surface area (Å²) in [5, 5.41) is 5.56. The van der Waals surface area contributed by atoms with Crippen LogP contribution in [0.2, 0.25) is 0 Å². The van der Waals surface area contributed by atoms with Gasteiger partial charge in [-0.05, 0) is 18.4 Å². The Morgan fingerprint density at radius 3 is 2.24 bits per heavy atom. The molecule has 1 amide bonds. The Morgan fingerprint density at radius 1 is 1.35 bits per heavy atom. The Bertz CT molecular complexity index is 346. The van der Waals surface area contributed by atoms with Gasteiger partial charge in [-0.1, -0.05) is 20.8 Å². The highest BCUT2D eigenvalue weighted by Crippen LogP contribution is 2.19. The first-order chi connectivity index (χ1) is 7.58. The van der Waals surface area contributed by atoms with E-state index in [0.29, 0.717) is 6.54 Å². The van der Waals surface area contributed by atoms with Gasteiger partial charge in [0.25, 0.3) is 10.1 Å². The smallest absolute Gasteiger partial charge is 0.264 e. The number of carbonyl (C=O) groups excluding carboxylic acids is 1. The van der Waals surface area contributed by atoms with E-state index >= 15 is 0 Å². The molecule has 0 aliphatic rings. The number of nitrogens with one attached hydrogen (secondary N) is 2. The molecule has 0 saturated carbocycles. The molecular formula is C10H22N2O4S. The van der Waals surface area contributed by atoms with Crippen molar-refractivity contribution < 1.29 is 17.8 Å². The van der Waals surface area contributed by atoms with Crippen LogP contribution in [0.3, 0.4) is 0 Å². The predicted molar refractivity (Wildman–Crippen MR) is 66.3 cm³/mol. The van der Waals surface area contributed by atoms with Gasteiger partial charge in [-0.3, -0.25) is 9.35 Å². The first kappa shape index (κ1) is 16.3. The molecule has 1 atom stereocenters. The molecule has 6 nitrogen and oxygen atoms in total. The fourth-order valence-corrected chi connectivity index (χ4v) is 1.95. The summed E-state index contributed by atoms with van der Waals surface area (Å²) in [4.78, 5) is 11.6. The summed E-state index contributed by atoms with van der Waals surface area (Å²) in [6, 6.07) is -0.395. The molecular weight excluding hydrogens is 244 g/mol. The van der Waals surface area contributed by atoms with Crippen molar-refractivity contribution in [2.75, 3.05) is 19.3 Å². The number of rotatable bonds is 6. The van der Waals surface area contributed by atoms with Crippen molar-refractivity contribution in [2.45, 2.75) is 33.2 Å². The van der Waals surface area contributed by atoms with Crippen molar-refractivity contribution in [1.29, 1.82) is 0 Å². The van der Waals surface area contributed by atoms with Crippen LogP contribution < -0.4 is 10.6 Å². The average molecular weight is 266 g/mol. The van der Waals surface area contributed by atoms with E-state index in [-0.39, 0.29) is 23.5 Å². The molecule has 0 fully saturated rings. The van der Waals surface area contributed by atoms with Crippen molar-refractivity contribution in [1.82, 2.24) is 10.6 Å². The molecule has 102 valence electrons. The van der Waals surface area contributed by atoms with E-state index in [1.54, 1.807) is 7.05 Å². The molecule has 0 spiro atoms. The SMILES string of the molecule is CNC(=O)[C@H](NCCCS(=O)(=O)O)C(C)(C)C. The van der Waals surface area contributed by atoms with Gasteiger partial charge in [0.05, 0.1) is 11.8 Å². The highest BCUT2D eigenvalue weighted by Gasteiger charge is 2.29. The number of amides is 1. The van der Waals surface area contributed by atoms with E-state index in [1.807, 2.05) is 20.8 Å². The topological polar surface area (TPSA) is 95.5 Å². The quantitative estimate of drug-likeness (QED) is 0.465. The largest absolute Gasteiger partial charge is 0.358 e. The van der Waals surface area contributed by atoms with Gasteiger partial charge >= 0.3 is 0 Å². The summed E-state index contributed by atoms with van der Waals surface area (Å²) in [5.74, 6) is -0.436.